The van der Waals surface area contributed by atoms with Crippen LogP contribution >= 0.6 is 0 Å². The fourth-order valence-corrected chi connectivity index (χ4v) is 4.46. The van der Waals surface area contributed by atoms with Gasteiger partial charge in [0.25, 0.3) is 0 Å². The van der Waals surface area contributed by atoms with Gasteiger partial charge in [0.15, 0.2) is 0 Å². The maximum atomic E-state index is 11.6. The highest BCUT2D eigenvalue weighted by Crippen LogP contribution is 2.32. The van der Waals surface area contributed by atoms with Gasteiger partial charge in [0.05, 0.1) is 12.7 Å². The number of carbonyl (C=O) groups is 1. The number of carbonyl (C=O) groups excluding carboxylic acids is 1. The Bertz CT molecular complexity index is 996. The van der Waals surface area contributed by atoms with Crippen LogP contribution in [0.3, 0.4) is 0 Å². The molecule has 0 saturated carbocycles. The standard InChI is InChI=1S/C31H47N3O5/c1-4-33-30(36)34-27-15-12-24(13-16-27)11-7-10-20-37-19-9-6-5-8-18-32-22-28(35)25-14-17-29-26(21-25)23-38-31(2,3)39-29/h12-17,21,28,32,35H,4-11,18-20,22-23H2,1-3H3,(H2,33,34,36)/t28-/m0/s1. The van der Waals surface area contributed by atoms with Crippen LogP contribution in [0.4, 0.5) is 10.5 Å². The number of aliphatic hydroxyl groups is 1. The van der Waals surface area contributed by atoms with Crippen LogP contribution in [0.15, 0.2) is 42.5 Å². The van der Waals surface area contributed by atoms with E-state index in [9.17, 15) is 9.90 Å². The average molecular weight is 542 g/mol. The van der Waals surface area contributed by atoms with Crippen molar-refractivity contribution in [2.45, 2.75) is 84.2 Å². The predicted molar refractivity (Wildman–Crippen MR) is 155 cm³/mol. The zero-order valence-corrected chi connectivity index (χ0v) is 23.9. The lowest BCUT2D eigenvalue weighted by Crippen LogP contribution is -2.35. The summed E-state index contributed by atoms with van der Waals surface area (Å²) in [5, 5.41) is 19.4. The van der Waals surface area contributed by atoms with Gasteiger partial charge in [-0.3, -0.25) is 0 Å². The Labute approximate surface area is 233 Å². The second-order valence-electron chi connectivity index (χ2n) is 10.5. The number of benzene rings is 2. The number of anilines is 1. The Kier molecular flexibility index (Phi) is 13.0. The summed E-state index contributed by atoms with van der Waals surface area (Å²) in [6.07, 6.45) is 7.08. The maximum absolute atomic E-state index is 11.6. The summed E-state index contributed by atoms with van der Waals surface area (Å²) >= 11 is 0. The summed E-state index contributed by atoms with van der Waals surface area (Å²) in [5.74, 6) is 0.221. The summed E-state index contributed by atoms with van der Waals surface area (Å²) in [6, 6.07) is 13.7. The first kappa shape index (κ1) is 30.9. The molecule has 8 nitrogen and oxygen atoms in total. The normalized spacial score (nSPS) is 14.8. The molecule has 1 aliphatic rings. The molecular weight excluding hydrogens is 494 g/mol. The first-order valence-electron chi connectivity index (χ1n) is 14.4. The van der Waals surface area contributed by atoms with Crippen LogP contribution in [0.1, 0.15) is 82.1 Å². The Morgan fingerprint density at radius 1 is 1.03 bits per heavy atom. The van der Waals surface area contributed by atoms with Crippen LogP contribution in [-0.4, -0.2) is 49.8 Å². The minimum atomic E-state index is -0.607. The summed E-state index contributed by atoms with van der Waals surface area (Å²) < 4.78 is 17.3. The van der Waals surface area contributed by atoms with Gasteiger partial charge in [-0.25, -0.2) is 4.79 Å². The smallest absolute Gasteiger partial charge is 0.319 e. The van der Waals surface area contributed by atoms with E-state index in [0.717, 1.165) is 87.3 Å². The summed E-state index contributed by atoms with van der Waals surface area (Å²) in [7, 11) is 0. The lowest BCUT2D eigenvalue weighted by atomic mass is 10.0. The zero-order valence-electron chi connectivity index (χ0n) is 23.9. The third kappa shape index (κ3) is 11.5. The van der Waals surface area contributed by atoms with E-state index in [1.807, 2.05) is 51.1 Å². The number of aliphatic hydroxyl groups excluding tert-OH is 1. The van der Waals surface area contributed by atoms with Crippen molar-refractivity contribution in [3.05, 3.63) is 59.2 Å². The van der Waals surface area contributed by atoms with E-state index >= 15 is 0 Å². The lowest BCUT2D eigenvalue weighted by Gasteiger charge is -2.33. The number of amides is 2. The number of hydrogen-bond acceptors (Lipinski definition) is 6. The van der Waals surface area contributed by atoms with Crippen LogP contribution in [-0.2, 0) is 22.5 Å². The first-order chi connectivity index (χ1) is 18.9. The van der Waals surface area contributed by atoms with Crippen LogP contribution in [0, 0.1) is 0 Å². The zero-order chi connectivity index (χ0) is 27.9. The maximum Gasteiger partial charge on any atom is 0.319 e. The highest BCUT2D eigenvalue weighted by molar-refractivity contribution is 5.89. The van der Waals surface area contributed by atoms with Crippen LogP contribution in [0.5, 0.6) is 5.75 Å². The van der Waals surface area contributed by atoms with Gasteiger partial charge >= 0.3 is 6.03 Å². The Morgan fingerprint density at radius 2 is 1.77 bits per heavy atom. The van der Waals surface area contributed by atoms with Gasteiger partial charge in [-0.2, -0.15) is 0 Å². The second-order valence-corrected chi connectivity index (χ2v) is 10.5. The highest BCUT2D eigenvalue weighted by atomic mass is 16.7. The molecule has 39 heavy (non-hydrogen) atoms. The van der Waals surface area contributed by atoms with Crippen LogP contribution < -0.4 is 20.7 Å². The van der Waals surface area contributed by atoms with Gasteiger partial charge < -0.3 is 35.3 Å². The molecule has 2 amide bonds. The number of fused-ring (bicyclic) bond motifs is 1. The predicted octanol–water partition coefficient (Wildman–Crippen LogP) is 5.70. The molecule has 2 aromatic rings. The van der Waals surface area contributed by atoms with E-state index in [1.165, 1.54) is 5.56 Å². The summed E-state index contributed by atoms with van der Waals surface area (Å²) in [4.78, 5) is 11.6. The largest absolute Gasteiger partial charge is 0.463 e. The van der Waals surface area contributed by atoms with Crippen molar-refractivity contribution in [1.29, 1.82) is 0 Å². The minimum absolute atomic E-state index is 0.173. The molecule has 0 radical (unpaired) electrons. The van der Waals surface area contributed by atoms with Gasteiger partial charge in [0.2, 0.25) is 5.79 Å². The lowest BCUT2D eigenvalue weighted by molar-refractivity contribution is -0.180. The first-order valence-corrected chi connectivity index (χ1v) is 14.4. The molecule has 0 unspecified atom stereocenters. The Balaban J connectivity index is 1.13. The SMILES string of the molecule is CCNC(=O)Nc1ccc(CCCCOCCCCCCNC[C@H](O)c2ccc3c(c2)COC(C)(C)O3)cc1. The molecular formula is C31H47N3O5. The molecule has 0 bridgehead atoms. The van der Waals surface area contributed by atoms with Crippen molar-refractivity contribution < 1.29 is 24.1 Å². The summed E-state index contributed by atoms with van der Waals surface area (Å²) in [5.41, 5.74) is 3.94. The fourth-order valence-electron chi connectivity index (χ4n) is 4.46. The number of unbranched alkanes of at least 4 members (excludes halogenated alkanes) is 4. The van der Waals surface area contributed by atoms with Crippen molar-refractivity contribution in [3.63, 3.8) is 0 Å². The van der Waals surface area contributed by atoms with E-state index in [0.29, 0.717) is 19.7 Å². The molecule has 8 heteroatoms. The molecule has 1 heterocycles. The Morgan fingerprint density at radius 3 is 2.54 bits per heavy atom. The van der Waals surface area contributed by atoms with Gasteiger partial charge in [-0.05, 0) is 81.0 Å². The van der Waals surface area contributed by atoms with Gasteiger partial charge in [0, 0.05) is 51.4 Å². The van der Waals surface area contributed by atoms with E-state index in [2.05, 4.69) is 28.1 Å². The number of rotatable bonds is 17. The molecule has 0 aliphatic carbocycles. The third-order valence-corrected chi connectivity index (χ3v) is 6.68. The van der Waals surface area contributed by atoms with Gasteiger partial charge in [-0.1, -0.05) is 31.0 Å². The van der Waals surface area contributed by atoms with Crippen molar-refractivity contribution in [1.82, 2.24) is 10.6 Å². The van der Waals surface area contributed by atoms with Crippen molar-refractivity contribution >= 4 is 11.7 Å². The van der Waals surface area contributed by atoms with Crippen LogP contribution in [0.25, 0.3) is 0 Å². The van der Waals surface area contributed by atoms with Crippen LogP contribution in [0.2, 0.25) is 0 Å². The molecule has 0 saturated heterocycles. The quantitative estimate of drug-likeness (QED) is 0.192. The topological polar surface area (TPSA) is 101 Å². The second kappa shape index (κ2) is 16.5. The van der Waals surface area contributed by atoms with Gasteiger partial charge in [-0.15, -0.1) is 0 Å². The number of nitrogens with one attached hydrogen (secondary N) is 3. The van der Waals surface area contributed by atoms with Crippen molar-refractivity contribution in [2.75, 3.05) is 38.2 Å². The molecule has 216 valence electrons. The monoisotopic (exact) mass is 541 g/mol. The molecule has 0 spiro atoms. The molecule has 2 aromatic carbocycles. The molecule has 0 fully saturated rings. The number of aryl methyl sites for hydroxylation is 1. The average Bonchev–Trinajstić information content (AvgIpc) is 2.91. The van der Waals surface area contributed by atoms with Crippen molar-refractivity contribution in [3.8, 4) is 5.75 Å². The van der Waals surface area contributed by atoms with E-state index in [4.69, 9.17) is 14.2 Å². The third-order valence-electron chi connectivity index (χ3n) is 6.68. The number of urea groups is 1. The molecule has 0 aromatic heterocycles. The van der Waals surface area contributed by atoms with E-state index < -0.39 is 11.9 Å². The fraction of sp³-hybridized carbons (Fsp3) is 0.581. The molecule has 3 rings (SSSR count). The molecule has 1 aliphatic heterocycles. The Hall–Kier alpha value is -2.65. The summed E-state index contributed by atoms with van der Waals surface area (Å²) in [6.45, 7) is 9.85. The van der Waals surface area contributed by atoms with Gasteiger partial charge in [0.1, 0.15) is 5.75 Å². The number of hydrogen-bond donors (Lipinski definition) is 4. The van der Waals surface area contributed by atoms with E-state index in [-0.39, 0.29) is 6.03 Å². The number of ether oxygens (including phenoxy) is 3. The van der Waals surface area contributed by atoms with E-state index in [1.54, 1.807) is 0 Å². The highest BCUT2D eigenvalue weighted by Gasteiger charge is 2.27. The van der Waals surface area contributed by atoms with Crippen molar-refractivity contribution in [2.24, 2.45) is 0 Å². The molecule has 1 atom stereocenters. The minimum Gasteiger partial charge on any atom is -0.463 e. The molecule has 4 N–H and O–H groups in total.